The number of aromatic hydroxyl groups is 1. The molecule has 1 amide bonds. The lowest BCUT2D eigenvalue weighted by molar-refractivity contribution is -0.133. The number of hydrogen-bond acceptors (Lipinski definition) is 3. The van der Waals surface area contributed by atoms with Crippen molar-refractivity contribution < 1.29 is 14.3 Å². The molecule has 1 N–H and O–H groups in total. The van der Waals surface area contributed by atoms with Gasteiger partial charge in [0, 0.05) is 30.6 Å². The van der Waals surface area contributed by atoms with Crippen molar-refractivity contribution in [3.8, 4) is 5.75 Å². The average molecular weight is 403 g/mol. The molecule has 0 bridgehead atoms. The molecule has 0 radical (unpaired) electrons. The lowest BCUT2D eigenvalue weighted by atomic mass is 9.87. The first-order valence-electron chi connectivity index (χ1n) is 9.71. The molecule has 3 atom stereocenters. The molecule has 2 saturated heterocycles. The molecule has 2 heterocycles. The second-order valence-corrected chi connectivity index (χ2v) is 8.12. The number of carbonyl (C=O) groups is 1. The normalized spacial score (nSPS) is 26.0. The summed E-state index contributed by atoms with van der Waals surface area (Å²) in [5.41, 5.74) is 1.96. The monoisotopic (exact) mass is 402 g/mol. The van der Waals surface area contributed by atoms with E-state index in [2.05, 4.69) is 0 Å². The Morgan fingerprint density at radius 2 is 1.75 bits per heavy atom. The molecule has 0 aliphatic carbocycles. The van der Waals surface area contributed by atoms with Gasteiger partial charge in [0.25, 0.3) is 0 Å². The van der Waals surface area contributed by atoms with Gasteiger partial charge in [0.05, 0.1) is 6.04 Å². The predicted molar refractivity (Wildman–Crippen MR) is 107 cm³/mol. The Kier molecular flexibility index (Phi) is 5.56. The summed E-state index contributed by atoms with van der Waals surface area (Å²) in [5.74, 6) is 0.0951. The Bertz CT molecular complexity index is 827. The number of likely N-dealkylation sites (tertiary alicyclic amines) is 2. The van der Waals surface area contributed by atoms with E-state index in [1.165, 1.54) is 0 Å². The number of piperidine rings is 1. The van der Waals surface area contributed by atoms with Gasteiger partial charge in [-0.25, -0.2) is 4.39 Å². The predicted octanol–water partition coefficient (Wildman–Crippen LogP) is 3.97. The minimum atomic E-state index is -1.02. The summed E-state index contributed by atoms with van der Waals surface area (Å²) in [4.78, 5) is 16.7. The van der Waals surface area contributed by atoms with Crippen LogP contribution in [0.3, 0.4) is 0 Å². The Morgan fingerprint density at radius 3 is 2.43 bits per heavy atom. The van der Waals surface area contributed by atoms with Gasteiger partial charge in [0.1, 0.15) is 11.9 Å². The first kappa shape index (κ1) is 19.2. The van der Waals surface area contributed by atoms with E-state index in [0.29, 0.717) is 31.1 Å². The van der Waals surface area contributed by atoms with Gasteiger partial charge in [-0.1, -0.05) is 35.9 Å². The zero-order chi connectivity index (χ0) is 19.7. The average Bonchev–Trinajstić information content (AvgIpc) is 3.05. The van der Waals surface area contributed by atoms with Crippen molar-refractivity contribution in [2.75, 3.05) is 19.6 Å². The number of halogens is 2. The fraction of sp³-hybridized carbons (Fsp3) is 0.409. The molecule has 6 heteroatoms. The lowest BCUT2D eigenvalue weighted by Crippen LogP contribution is -2.49. The third-order valence-corrected chi connectivity index (χ3v) is 6.14. The Balaban J connectivity index is 1.37. The highest BCUT2D eigenvalue weighted by Gasteiger charge is 2.40. The van der Waals surface area contributed by atoms with Gasteiger partial charge in [-0.15, -0.1) is 0 Å². The van der Waals surface area contributed by atoms with Crippen LogP contribution in [0.2, 0.25) is 5.02 Å². The van der Waals surface area contributed by atoms with Crippen LogP contribution in [0.15, 0.2) is 48.5 Å². The van der Waals surface area contributed by atoms with Crippen molar-refractivity contribution in [2.45, 2.75) is 37.5 Å². The molecule has 2 aliphatic heterocycles. The molecule has 2 aromatic carbocycles. The molecular weight excluding hydrogens is 379 g/mol. The molecule has 28 heavy (non-hydrogen) atoms. The van der Waals surface area contributed by atoms with Gasteiger partial charge in [0.15, 0.2) is 0 Å². The summed E-state index contributed by atoms with van der Waals surface area (Å²) < 4.78 is 14.9. The van der Waals surface area contributed by atoms with Crippen molar-refractivity contribution >= 4 is 17.5 Å². The van der Waals surface area contributed by atoms with Crippen molar-refractivity contribution in [2.24, 2.45) is 0 Å². The number of nitrogens with zero attached hydrogens (tertiary/aromatic N) is 2. The molecule has 0 spiro atoms. The number of hydrogen-bond donors (Lipinski definition) is 1. The molecule has 0 aromatic heterocycles. The van der Waals surface area contributed by atoms with Crippen molar-refractivity contribution in [1.29, 1.82) is 0 Å². The quantitative estimate of drug-likeness (QED) is 0.841. The molecule has 148 valence electrons. The van der Waals surface area contributed by atoms with Crippen LogP contribution in [0, 0.1) is 0 Å². The maximum Gasteiger partial charge on any atom is 0.240 e. The summed E-state index contributed by atoms with van der Waals surface area (Å²) in [6.45, 7) is 2.24. The second-order valence-electron chi connectivity index (χ2n) is 7.69. The third-order valence-electron chi connectivity index (χ3n) is 5.89. The summed E-state index contributed by atoms with van der Waals surface area (Å²) >= 11 is 5.92. The summed E-state index contributed by atoms with van der Waals surface area (Å²) in [6, 6.07) is 14.1. The minimum Gasteiger partial charge on any atom is -0.508 e. The smallest absolute Gasteiger partial charge is 0.240 e. The first-order valence-corrected chi connectivity index (χ1v) is 10.1. The highest BCUT2D eigenvalue weighted by atomic mass is 35.5. The van der Waals surface area contributed by atoms with E-state index in [0.717, 1.165) is 17.5 Å². The number of rotatable bonds is 4. The lowest BCUT2D eigenvalue weighted by Gasteiger charge is -2.37. The van der Waals surface area contributed by atoms with E-state index in [9.17, 15) is 14.3 Å². The zero-order valence-corrected chi connectivity index (χ0v) is 16.4. The third kappa shape index (κ3) is 4.01. The van der Waals surface area contributed by atoms with Gasteiger partial charge in [-0.2, -0.15) is 0 Å². The van der Waals surface area contributed by atoms with E-state index in [-0.39, 0.29) is 30.2 Å². The van der Waals surface area contributed by atoms with Gasteiger partial charge in [-0.3, -0.25) is 9.69 Å². The summed E-state index contributed by atoms with van der Waals surface area (Å²) in [6.07, 6.45) is 0.395. The Labute approximate surface area is 169 Å². The summed E-state index contributed by atoms with van der Waals surface area (Å²) in [5, 5.41) is 10.1. The van der Waals surface area contributed by atoms with Gasteiger partial charge >= 0.3 is 0 Å². The van der Waals surface area contributed by atoms with Crippen LogP contribution in [0.1, 0.15) is 29.9 Å². The Morgan fingerprint density at radius 1 is 1.04 bits per heavy atom. The molecular formula is C22H24ClFN2O2. The van der Waals surface area contributed by atoms with Gasteiger partial charge in [0.2, 0.25) is 5.91 Å². The highest BCUT2D eigenvalue weighted by Crippen LogP contribution is 2.33. The SMILES string of the molecule is O=C1[C@H](N2CC[C@H](c3ccc(O)cc3)[C@@H](F)C2)CCN1Cc1ccc(Cl)cc1. The van der Waals surface area contributed by atoms with Crippen molar-refractivity contribution in [3.63, 3.8) is 0 Å². The topological polar surface area (TPSA) is 43.8 Å². The first-order chi connectivity index (χ1) is 13.5. The van der Waals surface area contributed by atoms with Crippen molar-refractivity contribution in [1.82, 2.24) is 9.80 Å². The van der Waals surface area contributed by atoms with E-state index in [1.54, 1.807) is 24.3 Å². The molecule has 2 aromatic rings. The molecule has 0 saturated carbocycles. The molecule has 2 fully saturated rings. The number of benzene rings is 2. The number of alkyl halides is 1. The second kappa shape index (κ2) is 8.10. The van der Waals surface area contributed by atoms with Gasteiger partial charge in [-0.05, 0) is 54.8 Å². The number of phenols is 1. The van der Waals surface area contributed by atoms with E-state index >= 15 is 0 Å². The van der Waals surface area contributed by atoms with Crippen LogP contribution in [-0.4, -0.2) is 52.7 Å². The van der Waals surface area contributed by atoms with Crippen LogP contribution in [0.4, 0.5) is 4.39 Å². The number of carbonyl (C=O) groups excluding carboxylic acids is 1. The van der Waals surface area contributed by atoms with Crippen LogP contribution < -0.4 is 0 Å². The van der Waals surface area contributed by atoms with E-state index < -0.39 is 6.17 Å². The van der Waals surface area contributed by atoms with Crippen LogP contribution in [0.5, 0.6) is 5.75 Å². The molecule has 4 nitrogen and oxygen atoms in total. The number of phenolic OH excluding ortho intramolecular Hbond substituents is 1. The van der Waals surface area contributed by atoms with Crippen molar-refractivity contribution in [3.05, 3.63) is 64.7 Å². The van der Waals surface area contributed by atoms with Crippen LogP contribution in [-0.2, 0) is 11.3 Å². The van der Waals surface area contributed by atoms with E-state index in [1.807, 2.05) is 34.1 Å². The largest absolute Gasteiger partial charge is 0.508 e. The summed E-state index contributed by atoms with van der Waals surface area (Å²) in [7, 11) is 0. The standard InChI is InChI=1S/C22H24ClFN2O2/c23-17-5-1-15(2-6-17)13-26-12-10-21(22(26)28)25-11-9-19(20(24)14-25)16-3-7-18(27)8-4-16/h1-8,19-21,27H,9-14H2/t19-,20+,21-/m1/s1. The molecule has 2 aliphatic rings. The highest BCUT2D eigenvalue weighted by molar-refractivity contribution is 6.30. The maximum atomic E-state index is 14.9. The van der Waals surface area contributed by atoms with Gasteiger partial charge < -0.3 is 10.0 Å². The molecule has 0 unspecified atom stereocenters. The number of amides is 1. The minimum absolute atomic E-state index is 0.0882. The van der Waals surface area contributed by atoms with Crippen LogP contribution in [0.25, 0.3) is 0 Å². The van der Waals surface area contributed by atoms with E-state index in [4.69, 9.17) is 11.6 Å². The fourth-order valence-corrected chi connectivity index (χ4v) is 4.46. The maximum absolute atomic E-state index is 14.9. The van der Waals surface area contributed by atoms with Crippen LogP contribution >= 0.6 is 11.6 Å². The fourth-order valence-electron chi connectivity index (χ4n) is 4.34. The zero-order valence-electron chi connectivity index (χ0n) is 15.6. The molecule has 4 rings (SSSR count). The Hall–Kier alpha value is -2.11.